The number of ether oxygens (including phenoxy) is 2. The lowest BCUT2D eigenvalue weighted by Crippen LogP contribution is -2.49. The lowest BCUT2D eigenvalue weighted by Gasteiger charge is -2.21. The first-order valence-corrected chi connectivity index (χ1v) is 10.5. The van der Waals surface area contributed by atoms with Gasteiger partial charge in [0.1, 0.15) is 29.8 Å². The summed E-state index contributed by atoms with van der Waals surface area (Å²) in [6.45, 7) is -0.0564. The van der Waals surface area contributed by atoms with Gasteiger partial charge in [0.25, 0.3) is 11.8 Å². The molecule has 3 heterocycles. The van der Waals surface area contributed by atoms with Crippen LogP contribution in [0, 0.1) is 5.82 Å². The molecule has 2 amide bonds. The molecule has 8 nitrogen and oxygen atoms in total. The first-order valence-electron chi connectivity index (χ1n) is 10.5. The van der Waals surface area contributed by atoms with Crippen molar-refractivity contribution >= 4 is 28.4 Å². The van der Waals surface area contributed by atoms with Gasteiger partial charge < -0.3 is 19.7 Å². The summed E-state index contributed by atoms with van der Waals surface area (Å²) in [4.78, 5) is 35.9. The maximum absolute atomic E-state index is 13.9. The SMILES string of the molecule is C.CN1C(=O)[C@@H](NC(=O)c2cc(Oc3ccccc3F)ccn2)COc2ccc3ncccc3c21. The Kier molecular flexibility index (Phi) is 6.59. The van der Waals surface area contributed by atoms with Crippen LogP contribution in [-0.2, 0) is 4.79 Å². The van der Waals surface area contributed by atoms with Crippen molar-refractivity contribution in [3.63, 3.8) is 0 Å². The third kappa shape index (κ3) is 4.61. The van der Waals surface area contributed by atoms with Crippen LogP contribution in [-0.4, -0.2) is 41.5 Å². The van der Waals surface area contributed by atoms with E-state index in [2.05, 4.69) is 15.3 Å². The maximum Gasteiger partial charge on any atom is 0.270 e. The molecule has 1 aliphatic rings. The second-order valence-corrected chi connectivity index (χ2v) is 7.63. The van der Waals surface area contributed by atoms with E-state index < -0.39 is 17.8 Å². The standard InChI is InChI=1S/C25H19FN4O4.CH4/c1-30-23-16-5-4-11-27-18(16)8-9-22(23)33-14-20(25(30)32)29-24(31)19-13-15(10-12-28-19)34-21-7-3-2-6-17(21)26;/h2-13,20H,14H2,1H3,(H,29,31);1H4/t20-;/m0./s1. The zero-order valence-electron chi connectivity index (χ0n) is 18.1. The molecular weight excluding hydrogens is 451 g/mol. The van der Waals surface area contributed by atoms with Gasteiger partial charge in [0.2, 0.25) is 0 Å². The van der Waals surface area contributed by atoms with Crippen LogP contribution in [0.5, 0.6) is 17.2 Å². The van der Waals surface area contributed by atoms with Gasteiger partial charge in [-0.2, -0.15) is 0 Å². The fourth-order valence-corrected chi connectivity index (χ4v) is 3.76. The number of para-hydroxylation sites is 1. The van der Waals surface area contributed by atoms with Crippen molar-refractivity contribution in [1.29, 1.82) is 0 Å². The molecule has 1 aliphatic heterocycles. The van der Waals surface area contributed by atoms with Crippen LogP contribution in [0.2, 0.25) is 0 Å². The van der Waals surface area contributed by atoms with Crippen molar-refractivity contribution in [3.05, 3.63) is 84.6 Å². The molecule has 2 aromatic heterocycles. The third-order valence-electron chi connectivity index (χ3n) is 5.42. The minimum Gasteiger partial charge on any atom is -0.489 e. The lowest BCUT2D eigenvalue weighted by molar-refractivity contribution is -0.120. The normalized spacial score (nSPS) is 14.9. The highest BCUT2D eigenvalue weighted by Crippen LogP contribution is 2.37. The van der Waals surface area contributed by atoms with Gasteiger partial charge in [0, 0.05) is 30.9 Å². The number of hydrogen-bond donors (Lipinski definition) is 1. The molecule has 2 aromatic carbocycles. The fraction of sp³-hybridized carbons (Fsp3) is 0.154. The molecule has 1 atom stereocenters. The molecule has 0 bridgehead atoms. The molecule has 0 unspecified atom stereocenters. The summed E-state index contributed by atoms with van der Waals surface area (Å²) in [5.41, 5.74) is 1.33. The largest absolute Gasteiger partial charge is 0.489 e. The predicted molar refractivity (Wildman–Crippen MR) is 129 cm³/mol. The maximum atomic E-state index is 13.9. The number of amides is 2. The van der Waals surface area contributed by atoms with Crippen molar-refractivity contribution in [2.45, 2.75) is 13.5 Å². The summed E-state index contributed by atoms with van der Waals surface area (Å²) < 4.78 is 25.3. The smallest absolute Gasteiger partial charge is 0.270 e. The number of benzene rings is 2. The summed E-state index contributed by atoms with van der Waals surface area (Å²) in [5.74, 6) is -0.692. The Morgan fingerprint density at radius 2 is 1.94 bits per heavy atom. The van der Waals surface area contributed by atoms with Crippen LogP contribution < -0.4 is 19.7 Å². The van der Waals surface area contributed by atoms with E-state index in [4.69, 9.17) is 9.47 Å². The summed E-state index contributed by atoms with van der Waals surface area (Å²) >= 11 is 0. The summed E-state index contributed by atoms with van der Waals surface area (Å²) in [5, 5.41) is 3.44. The first kappa shape index (κ1) is 23.6. The number of aromatic nitrogens is 2. The third-order valence-corrected chi connectivity index (χ3v) is 5.42. The van der Waals surface area contributed by atoms with Crippen LogP contribution in [0.15, 0.2) is 73.1 Å². The van der Waals surface area contributed by atoms with E-state index in [-0.39, 0.29) is 37.1 Å². The second kappa shape index (κ2) is 9.76. The number of hydrogen-bond acceptors (Lipinski definition) is 6. The number of fused-ring (bicyclic) bond motifs is 3. The molecule has 4 aromatic rings. The van der Waals surface area contributed by atoms with Gasteiger partial charge in [-0.05, 0) is 42.5 Å². The van der Waals surface area contributed by atoms with E-state index in [1.54, 1.807) is 37.5 Å². The van der Waals surface area contributed by atoms with Crippen LogP contribution in [0.1, 0.15) is 17.9 Å². The molecule has 1 N–H and O–H groups in total. The average molecular weight is 474 g/mol. The first-order chi connectivity index (χ1) is 16.5. The van der Waals surface area contributed by atoms with Crippen molar-refractivity contribution in [1.82, 2.24) is 15.3 Å². The van der Waals surface area contributed by atoms with E-state index in [1.807, 2.05) is 12.1 Å². The number of carbonyl (C=O) groups is 2. The molecule has 178 valence electrons. The van der Waals surface area contributed by atoms with Crippen LogP contribution in [0.3, 0.4) is 0 Å². The summed E-state index contributed by atoms with van der Waals surface area (Å²) in [6, 6.07) is 15.1. The van der Waals surface area contributed by atoms with Gasteiger partial charge in [-0.1, -0.05) is 19.6 Å². The zero-order valence-corrected chi connectivity index (χ0v) is 18.1. The topological polar surface area (TPSA) is 93.7 Å². The number of anilines is 1. The molecule has 0 saturated heterocycles. The molecule has 0 fully saturated rings. The van der Waals surface area contributed by atoms with E-state index >= 15 is 0 Å². The van der Waals surface area contributed by atoms with Gasteiger partial charge in [-0.15, -0.1) is 0 Å². The van der Waals surface area contributed by atoms with E-state index in [0.29, 0.717) is 11.4 Å². The van der Waals surface area contributed by atoms with E-state index in [1.165, 1.54) is 35.4 Å². The van der Waals surface area contributed by atoms with Crippen molar-refractivity contribution in [2.75, 3.05) is 18.6 Å². The monoisotopic (exact) mass is 474 g/mol. The minimum absolute atomic E-state index is 0. The molecule has 35 heavy (non-hydrogen) atoms. The molecule has 5 rings (SSSR count). The Balaban J connectivity index is 0.00000289. The number of carbonyl (C=O) groups excluding carboxylic acids is 2. The Morgan fingerprint density at radius 1 is 1.11 bits per heavy atom. The zero-order chi connectivity index (χ0) is 23.7. The minimum atomic E-state index is -0.949. The highest BCUT2D eigenvalue weighted by Gasteiger charge is 2.32. The van der Waals surface area contributed by atoms with Gasteiger partial charge in [-0.25, -0.2) is 4.39 Å². The molecule has 9 heteroatoms. The highest BCUT2D eigenvalue weighted by molar-refractivity contribution is 6.08. The van der Waals surface area contributed by atoms with Gasteiger partial charge in [-0.3, -0.25) is 19.6 Å². The van der Waals surface area contributed by atoms with Gasteiger partial charge in [0.15, 0.2) is 11.6 Å². The number of halogens is 1. The highest BCUT2D eigenvalue weighted by atomic mass is 19.1. The Bertz CT molecular complexity index is 1410. The van der Waals surface area contributed by atoms with Crippen molar-refractivity contribution < 1.29 is 23.5 Å². The van der Waals surface area contributed by atoms with Crippen LogP contribution >= 0.6 is 0 Å². The lowest BCUT2D eigenvalue weighted by atomic mass is 10.1. The van der Waals surface area contributed by atoms with Gasteiger partial charge >= 0.3 is 0 Å². The number of nitrogens with one attached hydrogen (secondary N) is 1. The summed E-state index contributed by atoms with van der Waals surface area (Å²) in [7, 11) is 1.63. The quantitative estimate of drug-likeness (QED) is 0.473. The average Bonchev–Trinajstić information content (AvgIpc) is 2.97. The molecule has 0 spiro atoms. The van der Waals surface area contributed by atoms with Crippen LogP contribution in [0.4, 0.5) is 10.1 Å². The van der Waals surface area contributed by atoms with Crippen molar-refractivity contribution in [2.24, 2.45) is 0 Å². The number of likely N-dealkylation sites (N-methyl/N-ethyl adjacent to an activating group) is 1. The van der Waals surface area contributed by atoms with E-state index in [9.17, 15) is 14.0 Å². The van der Waals surface area contributed by atoms with Crippen LogP contribution in [0.25, 0.3) is 10.9 Å². The van der Waals surface area contributed by atoms with Crippen molar-refractivity contribution in [3.8, 4) is 17.2 Å². The molecule has 0 saturated carbocycles. The molecule has 0 aliphatic carbocycles. The Hall–Kier alpha value is -4.53. The number of rotatable bonds is 4. The summed E-state index contributed by atoms with van der Waals surface area (Å²) in [6.07, 6.45) is 3.05. The van der Waals surface area contributed by atoms with Gasteiger partial charge in [0.05, 0.1) is 11.2 Å². The Morgan fingerprint density at radius 3 is 2.77 bits per heavy atom. The Labute approximate surface area is 201 Å². The number of nitrogens with zero attached hydrogens (tertiary/aromatic N) is 3. The number of pyridine rings is 2. The predicted octanol–water partition coefficient (Wildman–Crippen LogP) is 4.35. The second-order valence-electron chi connectivity index (χ2n) is 7.63. The molecular formula is C26H23FN4O4. The van der Waals surface area contributed by atoms with E-state index in [0.717, 1.165) is 10.9 Å². The molecule has 0 radical (unpaired) electrons. The fourth-order valence-electron chi connectivity index (χ4n) is 3.76.